The summed E-state index contributed by atoms with van der Waals surface area (Å²) >= 11 is 0. The maximum absolute atomic E-state index is 14.4. The Labute approximate surface area is 159 Å². The molecule has 5 nitrogen and oxygen atoms in total. The Balaban J connectivity index is 2.69. The molecular weight excluding hydrogens is 411 g/mol. The van der Waals surface area contributed by atoms with Crippen LogP contribution in [0.3, 0.4) is 0 Å². The van der Waals surface area contributed by atoms with Gasteiger partial charge in [-0.25, -0.2) is 4.39 Å². The molecule has 1 N–H and O–H groups in total. The molecule has 1 aliphatic heterocycles. The number of nitriles is 2. The van der Waals surface area contributed by atoms with Crippen LogP contribution in [0.15, 0.2) is 24.3 Å². The van der Waals surface area contributed by atoms with Crippen molar-refractivity contribution >= 4 is 5.91 Å². The van der Waals surface area contributed by atoms with Gasteiger partial charge in [0, 0.05) is 11.5 Å². The normalized spacial score (nSPS) is 24.8. The molecule has 0 aromatic heterocycles. The average Bonchev–Trinajstić information content (AvgIpc) is 2.98. The third-order valence-electron chi connectivity index (χ3n) is 4.56. The molecule has 0 bridgehead atoms. The number of amides is 1. The number of hydrogen-bond acceptors (Lipinski definition) is 4. The van der Waals surface area contributed by atoms with Gasteiger partial charge in [-0.05, 0) is 12.5 Å². The minimum atomic E-state index is -5.48. The van der Waals surface area contributed by atoms with Crippen molar-refractivity contribution < 1.29 is 40.3 Å². The number of carbonyl (C=O) groups is 1. The van der Waals surface area contributed by atoms with Gasteiger partial charge in [0.25, 0.3) is 0 Å². The molecule has 0 spiro atoms. The molecule has 0 radical (unpaired) electrons. The molecule has 1 saturated heterocycles. The highest BCUT2D eigenvalue weighted by Crippen LogP contribution is 2.48. The van der Waals surface area contributed by atoms with Crippen LogP contribution in [0.1, 0.15) is 12.0 Å². The lowest BCUT2D eigenvalue weighted by Crippen LogP contribution is -2.57. The maximum Gasteiger partial charge on any atom is 0.471 e. The number of carbonyl (C=O) groups excluding carboxylic acids is 1. The summed E-state index contributed by atoms with van der Waals surface area (Å²) in [4.78, 5) is 11.6. The molecule has 2 rings (SSSR count). The smallest absolute Gasteiger partial charge is 0.366 e. The van der Waals surface area contributed by atoms with Crippen molar-refractivity contribution in [2.24, 2.45) is 11.8 Å². The summed E-state index contributed by atoms with van der Waals surface area (Å²) < 4.78 is 98.1. The van der Waals surface area contributed by atoms with Crippen LogP contribution in [0.25, 0.3) is 0 Å². The molecule has 1 fully saturated rings. The summed E-state index contributed by atoms with van der Waals surface area (Å²) in [5.41, 5.74) is -3.28. The van der Waals surface area contributed by atoms with Gasteiger partial charge in [-0.3, -0.25) is 4.79 Å². The molecular formula is C17H12F7N3O2. The lowest BCUT2D eigenvalue weighted by molar-refractivity contribution is -0.217. The van der Waals surface area contributed by atoms with Crippen LogP contribution in [0.4, 0.5) is 30.7 Å². The number of nitrogens with zero attached hydrogens (tertiary/aromatic N) is 2. The molecule has 1 aliphatic rings. The number of benzene rings is 1. The van der Waals surface area contributed by atoms with Crippen LogP contribution in [0.2, 0.25) is 0 Å². The van der Waals surface area contributed by atoms with E-state index in [0.29, 0.717) is 0 Å². The molecule has 0 saturated carbocycles. The zero-order chi connectivity index (χ0) is 22.0. The Bertz CT molecular complexity index is 842. The van der Waals surface area contributed by atoms with Crippen molar-refractivity contribution in [3.05, 3.63) is 35.6 Å². The van der Waals surface area contributed by atoms with E-state index in [-0.39, 0.29) is 0 Å². The van der Waals surface area contributed by atoms with E-state index in [1.54, 1.807) is 0 Å². The number of rotatable bonds is 4. The highest BCUT2D eigenvalue weighted by Gasteiger charge is 2.62. The first-order valence-electron chi connectivity index (χ1n) is 7.98. The summed E-state index contributed by atoms with van der Waals surface area (Å²) in [5, 5.41) is 19.3. The SMILES string of the molecule is N#CC(C#N)C[C@@H]1C(C(F)(F)F)OC[C@@]1(NC(=O)C(F)(F)F)c1ccccc1F. The number of nitrogens with one attached hydrogen (secondary N) is 1. The van der Waals surface area contributed by atoms with Gasteiger partial charge in [-0.1, -0.05) is 18.2 Å². The van der Waals surface area contributed by atoms with Crippen LogP contribution >= 0.6 is 0 Å². The first-order chi connectivity index (χ1) is 13.4. The van der Waals surface area contributed by atoms with Gasteiger partial charge in [0.05, 0.1) is 24.3 Å². The summed E-state index contributed by atoms with van der Waals surface area (Å²) in [5.74, 6) is -7.53. The number of alkyl halides is 6. The van der Waals surface area contributed by atoms with Gasteiger partial charge in [0.2, 0.25) is 0 Å². The second-order valence-corrected chi connectivity index (χ2v) is 6.33. The van der Waals surface area contributed by atoms with Crippen molar-refractivity contribution in [2.45, 2.75) is 30.4 Å². The van der Waals surface area contributed by atoms with Crippen LogP contribution in [-0.4, -0.2) is 31.0 Å². The van der Waals surface area contributed by atoms with Crippen molar-refractivity contribution in [3.63, 3.8) is 0 Å². The lowest BCUT2D eigenvalue weighted by Gasteiger charge is -2.37. The molecule has 1 aromatic rings. The topological polar surface area (TPSA) is 85.9 Å². The third kappa shape index (κ3) is 4.43. The minimum absolute atomic E-state index is 0.677. The first-order valence-corrected chi connectivity index (χ1v) is 7.98. The van der Waals surface area contributed by atoms with Gasteiger partial charge in [0.1, 0.15) is 11.7 Å². The zero-order valence-corrected chi connectivity index (χ0v) is 14.3. The van der Waals surface area contributed by atoms with E-state index in [1.807, 2.05) is 0 Å². The van der Waals surface area contributed by atoms with E-state index in [1.165, 1.54) is 17.5 Å². The van der Waals surface area contributed by atoms with Crippen molar-refractivity contribution in [1.82, 2.24) is 5.32 Å². The lowest BCUT2D eigenvalue weighted by atomic mass is 9.73. The van der Waals surface area contributed by atoms with Gasteiger partial charge in [0.15, 0.2) is 6.10 Å². The zero-order valence-electron chi connectivity index (χ0n) is 14.3. The largest absolute Gasteiger partial charge is 0.471 e. The van der Waals surface area contributed by atoms with Crippen molar-refractivity contribution in [1.29, 1.82) is 10.5 Å². The Morgan fingerprint density at radius 2 is 1.79 bits per heavy atom. The highest BCUT2D eigenvalue weighted by atomic mass is 19.4. The van der Waals surface area contributed by atoms with Crippen molar-refractivity contribution in [3.8, 4) is 12.1 Å². The molecule has 1 unspecified atom stereocenters. The molecule has 3 atom stereocenters. The fourth-order valence-corrected chi connectivity index (χ4v) is 3.31. The molecule has 156 valence electrons. The Morgan fingerprint density at radius 3 is 2.28 bits per heavy atom. The van der Waals surface area contributed by atoms with Crippen LogP contribution in [-0.2, 0) is 15.1 Å². The fourth-order valence-electron chi connectivity index (χ4n) is 3.31. The van der Waals surface area contributed by atoms with Gasteiger partial charge in [-0.2, -0.15) is 36.9 Å². The van der Waals surface area contributed by atoms with E-state index in [0.717, 1.165) is 24.3 Å². The number of hydrogen-bond donors (Lipinski definition) is 1. The summed E-state index contributed by atoms with van der Waals surface area (Å²) in [6, 6.07) is 6.86. The molecule has 12 heteroatoms. The third-order valence-corrected chi connectivity index (χ3v) is 4.56. The first kappa shape index (κ1) is 22.4. The molecule has 1 heterocycles. The Morgan fingerprint density at radius 1 is 1.21 bits per heavy atom. The van der Waals surface area contributed by atoms with E-state index in [2.05, 4.69) is 4.74 Å². The quantitative estimate of drug-likeness (QED) is 0.753. The van der Waals surface area contributed by atoms with Crippen LogP contribution in [0, 0.1) is 40.3 Å². The molecule has 0 aliphatic carbocycles. The summed E-state index contributed by atoms with van der Waals surface area (Å²) in [6.45, 7) is -1.14. The Kier molecular flexibility index (Phi) is 6.09. The second kappa shape index (κ2) is 7.87. The summed E-state index contributed by atoms with van der Waals surface area (Å²) in [6.07, 6.45) is -14.2. The summed E-state index contributed by atoms with van der Waals surface area (Å²) in [7, 11) is 0. The van der Waals surface area contributed by atoms with Gasteiger partial charge in [-0.15, -0.1) is 0 Å². The fraction of sp³-hybridized carbons (Fsp3) is 0.471. The standard InChI is InChI=1S/C17H12F7N3O2/c18-12-4-2-1-3-10(12)15(27-14(28)17(22,23)24)8-29-13(16(19,20)21)11(15)5-9(6-25)7-26/h1-4,9,11,13H,5,8H2,(H,27,28)/t11-,13?,15-/m1/s1. The van der Waals surface area contributed by atoms with Crippen LogP contribution in [0.5, 0.6) is 0 Å². The van der Waals surface area contributed by atoms with E-state index in [9.17, 15) is 35.5 Å². The predicted molar refractivity (Wildman–Crippen MR) is 80.9 cm³/mol. The maximum atomic E-state index is 14.4. The van der Waals surface area contributed by atoms with E-state index >= 15 is 0 Å². The van der Waals surface area contributed by atoms with E-state index < -0.39 is 66.1 Å². The van der Waals surface area contributed by atoms with Crippen LogP contribution < -0.4 is 5.32 Å². The average molecular weight is 423 g/mol. The monoisotopic (exact) mass is 423 g/mol. The van der Waals surface area contributed by atoms with Gasteiger partial charge >= 0.3 is 18.3 Å². The Hall–Kier alpha value is -2.86. The predicted octanol–water partition coefficient (Wildman–Crippen LogP) is 3.33. The number of halogens is 7. The minimum Gasteiger partial charge on any atom is -0.366 e. The second-order valence-electron chi connectivity index (χ2n) is 6.33. The van der Waals surface area contributed by atoms with Crippen molar-refractivity contribution in [2.75, 3.05) is 6.61 Å². The van der Waals surface area contributed by atoms with Gasteiger partial charge < -0.3 is 10.1 Å². The highest BCUT2D eigenvalue weighted by molar-refractivity contribution is 5.82. The molecule has 1 aromatic carbocycles. The molecule has 1 amide bonds. The number of ether oxygens (including phenoxy) is 1. The molecule has 29 heavy (non-hydrogen) atoms. The van der Waals surface area contributed by atoms with E-state index in [4.69, 9.17) is 10.5 Å².